The Balaban J connectivity index is 2.60. The van der Waals surface area contributed by atoms with Crippen molar-refractivity contribution in [3.8, 4) is 0 Å². The molecule has 20 heavy (non-hydrogen) atoms. The van der Waals surface area contributed by atoms with Crippen LogP contribution in [0.4, 0.5) is 0 Å². The molecule has 6 heteroatoms. The van der Waals surface area contributed by atoms with Gasteiger partial charge in [-0.3, -0.25) is 0 Å². The van der Waals surface area contributed by atoms with Crippen LogP contribution in [0.1, 0.15) is 12.5 Å². The first-order valence-electron chi connectivity index (χ1n) is 6.23. The molecule has 0 radical (unpaired) electrons. The molecule has 1 aromatic rings. The minimum absolute atomic E-state index is 0.191. The summed E-state index contributed by atoms with van der Waals surface area (Å²) >= 11 is 0. The first-order chi connectivity index (χ1) is 9.65. The van der Waals surface area contributed by atoms with Crippen LogP contribution in [0, 0.1) is 0 Å². The Morgan fingerprint density at radius 1 is 1.20 bits per heavy atom. The molecule has 0 fully saturated rings. The van der Waals surface area contributed by atoms with Gasteiger partial charge in [-0.05, 0) is 12.5 Å². The summed E-state index contributed by atoms with van der Waals surface area (Å²) < 4.78 is 21.3. The lowest BCUT2D eigenvalue weighted by molar-refractivity contribution is -0.146. The van der Waals surface area contributed by atoms with Crippen LogP contribution in [-0.2, 0) is 28.9 Å². The smallest absolute Gasteiger partial charge is 0.436 e. The standard InChI is InChI=1S/C14H20O5Si/c1-4-8-14(15)18-12-19-20(16-2,17-3)11-13-9-6-5-7-10-13/h4-10H,11-12H2,1-3H3. The van der Waals surface area contributed by atoms with Gasteiger partial charge in [0.25, 0.3) is 0 Å². The van der Waals surface area contributed by atoms with Gasteiger partial charge in [-0.2, -0.15) is 0 Å². The maximum atomic E-state index is 11.2. The van der Waals surface area contributed by atoms with Crippen LogP contribution >= 0.6 is 0 Å². The van der Waals surface area contributed by atoms with Crippen molar-refractivity contribution in [2.45, 2.75) is 13.0 Å². The van der Waals surface area contributed by atoms with Crippen LogP contribution in [0.5, 0.6) is 0 Å². The molecule has 0 atom stereocenters. The second-order valence-corrected chi connectivity index (χ2v) is 6.80. The third-order valence-corrected chi connectivity index (χ3v) is 5.31. The van der Waals surface area contributed by atoms with E-state index < -0.39 is 14.8 Å². The first kappa shape index (κ1) is 16.6. The van der Waals surface area contributed by atoms with Crippen molar-refractivity contribution in [3.63, 3.8) is 0 Å². The minimum Gasteiger partial charge on any atom is -0.436 e. The number of hydrogen-bond donors (Lipinski definition) is 0. The maximum Gasteiger partial charge on any atom is 0.507 e. The Bertz CT molecular complexity index is 428. The summed E-state index contributed by atoms with van der Waals surface area (Å²) in [5.74, 6) is -0.456. The highest BCUT2D eigenvalue weighted by molar-refractivity contribution is 6.60. The molecule has 5 nitrogen and oxygen atoms in total. The van der Waals surface area contributed by atoms with E-state index in [0.29, 0.717) is 6.04 Å². The summed E-state index contributed by atoms with van der Waals surface area (Å²) in [5, 5.41) is 0. The average Bonchev–Trinajstić information content (AvgIpc) is 2.47. The second kappa shape index (κ2) is 8.65. The fraction of sp³-hybridized carbons (Fsp3) is 0.357. The maximum absolute atomic E-state index is 11.2. The molecule has 0 aromatic heterocycles. The Labute approximate surface area is 120 Å². The van der Waals surface area contributed by atoms with Crippen molar-refractivity contribution in [1.29, 1.82) is 0 Å². The Morgan fingerprint density at radius 3 is 2.40 bits per heavy atom. The van der Waals surface area contributed by atoms with Gasteiger partial charge in [0.2, 0.25) is 0 Å². The number of esters is 1. The van der Waals surface area contributed by atoms with E-state index in [0.717, 1.165) is 5.56 Å². The van der Waals surface area contributed by atoms with Gasteiger partial charge < -0.3 is 18.0 Å². The van der Waals surface area contributed by atoms with E-state index in [4.69, 9.17) is 18.0 Å². The predicted octanol–water partition coefficient (Wildman–Crippen LogP) is 2.09. The molecule has 0 heterocycles. The number of rotatable bonds is 8. The third kappa shape index (κ3) is 5.26. The number of allylic oxidation sites excluding steroid dienone is 1. The number of ether oxygens (including phenoxy) is 1. The highest BCUT2D eigenvalue weighted by Gasteiger charge is 2.39. The van der Waals surface area contributed by atoms with Crippen molar-refractivity contribution in [2.24, 2.45) is 0 Å². The minimum atomic E-state index is -2.88. The largest absolute Gasteiger partial charge is 0.507 e. The van der Waals surface area contributed by atoms with Gasteiger partial charge in [-0.1, -0.05) is 36.4 Å². The molecule has 0 spiro atoms. The van der Waals surface area contributed by atoms with Gasteiger partial charge in [0, 0.05) is 26.3 Å². The Hall–Kier alpha value is -1.47. The third-order valence-electron chi connectivity index (χ3n) is 2.67. The first-order valence-corrected chi connectivity index (χ1v) is 8.16. The predicted molar refractivity (Wildman–Crippen MR) is 76.8 cm³/mol. The van der Waals surface area contributed by atoms with Gasteiger partial charge in [0.1, 0.15) is 0 Å². The van der Waals surface area contributed by atoms with E-state index in [9.17, 15) is 4.79 Å². The Kier molecular flexibility index (Phi) is 7.17. The zero-order chi connectivity index (χ0) is 14.8. The zero-order valence-corrected chi connectivity index (χ0v) is 13.0. The normalized spacial score (nSPS) is 11.8. The number of carbonyl (C=O) groups excluding carboxylic acids is 1. The van der Waals surface area contributed by atoms with Gasteiger partial charge in [0.15, 0.2) is 6.79 Å². The van der Waals surface area contributed by atoms with Crippen LogP contribution in [0.3, 0.4) is 0 Å². The monoisotopic (exact) mass is 296 g/mol. The lowest BCUT2D eigenvalue weighted by atomic mass is 10.2. The van der Waals surface area contributed by atoms with Gasteiger partial charge in [0.05, 0.1) is 0 Å². The summed E-state index contributed by atoms with van der Waals surface area (Å²) in [5.41, 5.74) is 1.04. The van der Waals surface area contributed by atoms with Crippen molar-refractivity contribution in [3.05, 3.63) is 48.0 Å². The van der Waals surface area contributed by atoms with E-state index in [1.165, 1.54) is 20.3 Å². The molecule has 0 aliphatic heterocycles. The van der Waals surface area contributed by atoms with Crippen LogP contribution in [0.25, 0.3) is 0 Å². The second-order valence-electron chi connectivity index (χ2n) is 3.98. The fourth-order valence-corrected chi connectivity index (χ4v) is 3.37. The molecule has 1 rings (SSSR count). The lowest BCUT2D eigenvalue weighted by Crippen LogP contribution is -2.47. The van der Waals surface area contributed by atoms with Crippen LogP contribution in [-0.4, -0.2) is 35.8 Å². The van der Waals surface area contributed by atoms with E-state index in [1.807, 2.05) is 30.3 Å². The van der Waals surface area contributed by atoms with E-state index in [1.54, 1.807) is 13.0 Å². The van der Waals surface area contributed by atoms with Gasteiger partial charge in [-0.25, -0.2) is 4.79 Å². The molecular weight excluding hydrogens is 276 g/mol. The van der Waals surface area contributed by atoms with E-state index >= 15 is 0 Å². The average molecular weight is 296 g/mol. The summed E-state index contributed by atoms with van der Waals surface area (Å²) in [4.78, 5) is 11.2. The summed E-state index contributed by atoms with van der Waals surface area (Å²) in [6, 6.07) is 10.3. The zero-order valence-electron chi connectivity index (χ0n) is 12.0. The molecule has 0 saturated heterocycles. The highest BCUT2D eigenvalue weighted by Crippen LogP contribution is 2.15. The summed E-state index contributed by atoms with van der Waals surface area (Å²) in [7, 11) is 0.193. The number of hydrogen-bond acceptors (Lipinski definition) is 5. The SMILES string of the molecule is CC=CC(=O)OCO[Si](Cc1ccccc1)(OC)OC. The van der Waals surface area contributed by atoms with Crippen molar-refractivity contribution >= 4 is 14.8 Å². The van der Waals surface area contributed by atoms with Crippen molar-refractivity contribution in [2.75, 3.05) is 21.0 Å². The van der Waals surface area contributed by atoms with Crippen molar-refractivity contribution in [1.82, 2.24) is 0 Å². The summed E-state index contributed by atoms with van der Waals surface area (Å²) in [6.45, 7) is 1.55. The van der Waals surface area contributed by atoms with E-state index in [-0.39, 0.29) is 6.79 Å². The van der Waals surface area contributed by atoms with Crippen LogP contribution in [0.15, 0.2) is 42.5 Å². The van der Waals surface area contributed by atoms with Crippen LogP contribution in [0.2, 0.25) is 0 Å². The quantitative estimate of drug-likeness (QED) is 0.318. The number of carbonyl (C=O) groups is 1. The molecule has 0 bridgehead atoms. The lowest BCUT2D eigenvalue weighted by Gasteiger charge is -2.26. The number of benzene rings is 1. The molecule has 0 unspecified atom stereocenters. The molecule has 110 valence electrons. The molecule has 0 aliphatic rings. The fourth-order valence-electron chi connectivity index (χ4n) is 1.60. The van der Waals surface area contributed by atoms with Crippen molar-refractivity contribution < 1.29 is 22.8 Å². The molecule has 1 aromatic carbocycles. The van der Waals surface area contributed by atoms with Crippen LogP contribution < -0.4 is 0 Å². The molecular formula is C14H20O5Si. The van der Waals surface area contributed by atoms with Gasteiger partial charge in [-0.15, -0.1) is 0 Å². The molecule has 0 N–H and O–H groups in total. The van der Waals surface area contributed by atoms with E-state index in [2.05, 4.69) is 0 Å². The Morgan fingerprint density at radius 2 is 1.85 bits per heavy atom. The molecule has 0 saturated carbocycles. The molecule has 0 aliphatic carbocycles. The highest BCUT2D eigenvalue weighted by atomic mass is 28.4. The summed E-state index contributed by atoms with van der Waals surface area (Å²) in [6.07, 6.45) is 2.92. The molecule has 0 amide bonds. The van der Waals surface area contributed by atoms with Gasteiger partial charge >= 0.3 is 14.8 Å². The topological polar surface area (TPSA) is 54.0 Å².